The van der Waals surface area contributed by atoms with Crippen LogP contribution in [-0.2, 0) is 0 Å². The lowest BCUT2D eigenvalue weighted by molar-refractivity contribution is 0.402. The van der Waals surface area contributed by atoms with Crippen LogP contribution in [0.15, 0.2) is 47.3 Å². The van der Waals surface area contributed by atoms with E-state index >= 15 is 0 Å². The number of ether oxygens (including phenoxy) is 2. The minimum Gasteiger partial charge on any atom is -0.497 e. The molecule has 4 rings (SSSR count). The third-order valence-electron chi connectivity index (χ3n) is 4.36. The minimum atomic E-state index is -0.150. The van der Waals surface area contributed by atoms with Crippen molar-refractivity contribution in [1.29, 1.82) is 0 Å². The maximum Gasteiger partial charge on any atom is 0.276 e. The summed E-state index contributed by atoms with van der Waals surface area (Å²) in [6.45, 7) is 1.99. The fraction of sp³-hybridized carbons (Fsp3) is 0.150. The average Bonchev–Trinajstić information content (AvgIpc) is 3.23. The summed E-state index contributed by atoms with van der Waals surface area (Å²) in [5.74, 6) is 1.91. The standard InChI is InChI=1S/C20H17N3O3S/c1-12-6-4-5-7-15(12)18-21-22-20-23(18)19(24)17(27-20)11-13-10-14(25-2)8-9-16(13)26-3/h4-11H,1-3H3. The second kappa shape index (κ2) is 6.85. The van der Waals surface area contributed by atoms with Gasteiger partial charge in [0, 0.05) is 11.1 Å². The van der Waals surface area contributed by atoms with Gasteiger partial charge in [-0.2, -0.15) is 0 Å². The van der Waals surface area contributed by atoms with E-state index in [9.17, 15) is 4.79 Å². The molecule has 0 unspecified atom stereocenters. The first kappa shape index (κ1) is 17.2. The molecule has 0 fully saturated rings. The molecule has 0 aliphatic rings. The molecule has 2 aromatic heterocycles. The first-order valence-electron chi connectivity index (χ1n) is 8.30. The number of benzene rings is 2. The Bertz CT molecular complexity index is 1240. The summed E-state index contributed by atoms with van der Waals surface area (Å²) in [6, 6.07) is 13.3. The molecule has 27 heavy (non-hydrogen) atoms. The Morgan fingerprint density at radius 3 is 2.63 bits per heavy atom. The number of rotatable bonds is 4. The fourth-order valence-corrected chi connectivity index (χ4v) is 3.86. The molecule has 0 bridgehead atoms. The van der Waals surface area contributed by atoms with Crippen LogP contribution in [0.2, 0.25) is 0 Å². The van der Waals surface area contributed by atoms with E-state index in [1.54, 1.807) is 24.7 Å². The molecular formula is C20H17N3O3S. The van der Waals surface area contributed by atoms with Gasteiger partial charge in [0.25, 0.3) is 5.56 Å². The van der Waals surface area contributed by atoms with Gasteiger partial charge in [-0.15, -0.1) is 10.2 Å². The van der Waals surface area contributed by atoms with Crippen molar-refractivity contribution < 1.29 is 9.47 Å². The fourth-order valence-electron chi connectivity index (χ4n) is 2.95. The summed E-state index contributed by atoms with van der Waals surface area (Å²) in [6.07, 6.45) is 1.80. The van der Waals surface area contributed by atoms with Gasteiger partial charge >= 0.3 is 0 Å². The van der Waals surface area contributed by atoms with Crippen molar-refractivity contribution in [2.45, 2.75) is 6.92 Å². The molecule has 0 aliphatic heterocycles. The second-order valence-corrected chi connectivity index (χ2v) is 6.99. The SMILES string of the molecule is COc1ccc(OC)c(C=c2sc3nnc(-c4ccccc4C)n3c2=O)c1. The van der Waals surface area contributed by atoms with Gasteiger partial charge in [0.2, 0.25) is 4.96 Å². The molecule has 2 aromatic carbocycles. The molecule has 7 heteroatoms. The number of hydrogen-bond acceptors (Lipinski definition) is 6. The van der Waals surface area contributed by atoms with Crippen molar-refractivity contribution in [3.63, 3.8) is 0 Å². The smallest absolute Gasteiger partial charge is 0.276 e. The first-order valence-corrected chi connectivity index (χ1v) is 9.11. The molecule has 4 aromatic rings. The number of fused-ring (bicyclic) bond motifs is 1. The van der Waals surface area contributed by atoms with Gasteiger partial charge < -0.3 is 9.47 Å². The van der Waals surface area contributed by atoms with Gasteiger partial charge in [0.15, 0.2) is 5.82 Å². The number of hydrogen-bond donors (Lipinski definition) is 0. The third kappa shape index (κ3) is 2.96. The first-order chi connectivity index (χ1) is 13.1. The van der Waals surface area contributed by atoms with Crippen LogP contribution in [0, 0.1) is 6.92 Å². The summed E-state index contributed by atoms with van der Waals surface area (Å²) >= 11 is 1.30. The maximum atomic E-state index is 13.0. The Hall–Kier alpha value is -3.19. The minimum absolute atomic E-state index is 0.150. The van der Waals surface area contributed by atoms with Crippen LogP contribution < -0.4 is 19.6 Å². The second-order valence-electron chi connectivity index (χ2n) is 5.98. The van der Waals surface area contributed by atoms with Crippen LogP contribution in [0.5, 0.6) is 11.5 Å². The molecule has 0 saturated carbocycles. The van der Waals surface area contributed by atoms with Crippen LogP contribution in [0.1, 0.15) is 11.1 Å². The highest BCUT2D eigenvalue weighted by Gasteiger charge is 2.15. The zero-order valence-corrected chi connectivity index (χ0v) is 15.9. The van der Waals surface area contributed by atoms with Gasteiger partial charge in [0.1, 0.15) is 11.5 Å². The van der Waals surface area contributed by atoms with Gasteiger partial charge in [0.05, 0.1) is 18.8 Å². The van der Waals surface area contributed by atoms with E-state index in [4.69, 9.17) is 9.47 Å². The molecule has 6 nitrogen and oxygen atoms in total. The summed E-state index contributed by atoms with van der Waals surface area (Å²) in [5.41, 5.74) is 2.55. The van der Waals surface area contributed by atoms with Crippen molar-refractivity contribution in [3.8, 4) is 22.9 Å². The monoisotopic (exact) mass is 379 g/mol. The van der Waals surface area contributed by atoms with E-state index in [1.165, 1.54) is 11.3 Å². The van der Waals surface area contributed by atoms with E-state index in [0.29, 0.717) is 26.8 Å². The van der Waals surface area contributed by atoms with Crippen molar-refractivity contribution >= 4 is 22.4 Å². The van der Waals surface area contributed by atoms with Crippen LogP contribution in [0.3, 0.4) is 0 Å². The van der Waals surface area contributed by atoms with Crippen LogP contribution in [0.25, 0.3) is 22.4 Å². The van der Waals surface area contributed by atoms with Crippen molar-refractivity contribution in [3.05, 3.63) is 68.5 Å². The van der Waals surface area contributed by atoms with E-state index in [0.717, 1.165) is 16.7 Å². The van der Waals surface area contributed by atoms with Crippen LogP contribution >= 0.6 is 11.3 Å². The zero-order valence-electron chi connectivity index (χ0n) is 15.1. The topological polar surface area (TPSA) is 65.7 Å². The molecule has 136 valence electrons. The van der Waals surface area contributed by atoms with Crippen LogP contribution in [0.4, 0.5) is 0 Å². The van der Waals surface area contributed by atoms with Crippen molar-refractivity contribution in [1.82, 2.24) is 14.6 Å². The molecule has 0 spiro atoms. The molecular weight excluding hydrogens is 362 g/mol. The summed E-state index contributed by atoms with van der Waals surface area (Å²) in [4.78, 5) is 13.6. The van der Waals surface area contributed by atoms with Gasteiger partial charge in [-0.3, -0.25) is 4.79 Å². The van der Waals surface area contributed by atoms with Gasteiger partial charge in [-0.1, -0.05) is 35.6 Å². The van der Waals surface area contributed by atoms with Gasteiger partial charge in [-0.05, 0) is 36.8 Å². The lowest BCUT2D eigenvalue weighted by Gasteiger charge is -2.06. The number of thiazole rings is 1. The molecule has 0 atom stereocenters. The van der Waals surface area contributed by atoms with Crippen molar-refractivity contribution in [2.75, 3.05) is 14.2 Å². The maximum absolute atomic E-state index is 13.0. The van der Waals surface area contributed by atoms with E-state index < -0.39 is 0 Å². The molecule has 0 radical (unpaired) electrons. The van der Waals surface area contributed by atoms with E-state index in [2.05, 4.69) is 10.2 Å². The Kier molecular flexibility index (Phi) is 4.37. The molecule has 0 N–H and O–H groups in total. The van der Waals surface area contributed by atoms with E-state index in [-0.39, 0.29) is 5.56 Å². The third-order valence-corrected chi connectivity index (χ3v) is 5.32. The number of methoxy groups -OCH3 is 2. The largest absolute Gasteiger partial charge is 0.497 e. The molecule has 0 aliphatic carbocycles. The predicted octanol–water partition coefficient (Wildman–Crippen LogP) is 2.69. The predicted molar refractivity (Wildman–Crippen MR) is 106 cm³/mol. The quantitative estimate of drug-likeness (QED) is 0.545. The van der Waals surface area contributed by atoms with Gasteiger partial charge in [-0.25, -0.2) is 4.40 Å². The van der Waals surface area contributed by atoms with E-state index in [1.807, 2.05) is 49.4 Å². The number of nitrogens with zero attached hydrogens (tertiary/aromatic N) is 3. The zero-order chi connectivity index (χ0) is 19.0. The Balaban J connectivity index is 1.93. The Labute approximate surface area is 159 Å². The highest BCUT2D eigenvalue weighted by Crippen LogP contribution is 2.25. The van der Waals surface area contributed by atoms with Crippen LogP contribution in [-0.4, -0.2) is 28.8 Å². The Morgan fingerprint density at radius 2 is 1.89 bits per heavy atom. The lowest BCUT2D eigenvalue weighted by Crippen LogP contribution is -2.23. The summed E-state index contributed by atoms with van der Waals surface area (Å²) in [5, 5.41) is 8.41. The Morgan fingerprint density at radius 1 is 1.07 bits per heavy atom. The molecule has 0 amide bonds. The molecule has 2 heterocycles. The number of aryl methyl sites for hydroxylation is 1. The molecule has 0 saturated heterocycles. The number of aromatic nitrogens is 3. The average molecular weight is 379 g/mol. The highest BCUT2D eigenvalue weighted by atomic mass is 32.1. The lowest BCUT2D eigenvalue weighted by atomic mass is 10.1. The normalized spacial score (nSPS) is 11.9. The highest BCUT2D eigenvalue weighted by molar-refractivity contribution is 7.15. The summed E-state index contributed by atoms with van der Waals surface area (Å²) < 4.78 is 12.8. The van der Waals surface area contributed by atoms with Crippen molar-refractivity contribution in [2.24, 2.45) is 0 Å². The summed E-state index contributed by atoms with van der Waals surface area (Å²) in [7, 11) is 3.20.